The van der Waals surface area contributed by atoms with Crippen molar-refractivity contribution in [1.29, 1.82) is 0 Å². The molecule has 1 amide bonds. The Labute approximate surface area is 160 Å². The van der Waals surface area contributed by atoms with Crippen LogP contribution in [-0.2, 0) is 4.79 Å². The van der Waals surface area contributed by atoms with Crippen molar-refractivity contribution >= 4 is 17.5 Å². The van der Waals surface area contributed by atoms with Crippen molar-refractivity contribution in [1.82, 2.24) is 15.5 Å². The van der Waals surface area contributed by atoms with E-state index in [1.807, 2.05) is 12.1 Å². The van der Waals surface area contributed by atoms with Gasteiger partial charge in [-0.1, -0.05) is 58.1 Å². The highest BCUT2D eigenvalue weighted by Crippen LogP contribution is 2.27. The summed E-state index contributed by atoms with van der Waals surface area (Å²) in [4.78, 5) is 12.3. The van der Waals surface area contributed by atoms with E-state index in [0.717, 1.165) is 37.7 Å². The molecule has 0 fully saturated rings. The summed E-state index contributed by atoms with van der Waals surface area (Å²) in [5, 5.41) is 12.1. The number of unbranched alkanes of at least 4 members (excludes halogenated alkanes) is 3. The zero-order valence-corrected chi connectivity index (χ0v) is 16.6. The second-order valence-corrected chi connectivity index (χ2v) is 7.13. The first-order chi connectivity index (χ1) is 12.5. The molecular formula is C20H28ClN3O2. The summed E-state index contributed by atoms with van der Waals surface area (Å²) < 4.78 is 5.86. The third-order valence-corrected chi connectivity index (χ3v) is 4.84. The molecule has 0 radical (unpaired) electrons. The van der Waals surface area contributed by atoms with Crippen LogP contribution < -0.4 is 5.32 Å². The van der Waals surface area contributed by atoms with E-state index in [1.54, 1.807) is 12.1 Å². The van der Waals surface area contributed by atoms with Gasteiger partial charge in [0.2, 0.25) is 17.7 Å². The fourth-order valence-electron chi connectivity index (χ4n) is 2.71. The predicted octanol–water partition coefficient (Wildman–Crippen LogP) is 5.56. The van der Waals surface area contributed by atoms with Crippen LogP contribution in [0.1, 0.15) is 71.2 Å². The van der Waals surface area contributed by atoms with Gasteiger partial charge in [0.15, 0.2) is 0 Å². The first-order valence-electron chi connectivity index (χ1n) is 9.43. The van der Waals surface area contributed by atoms with E-state index in [0.29, 0.717) is 23.2 Å². The van der Waals surface area contributed by atoms with Crippen molar-refractivity contribution in [3.8, 4) is 11.5 Å². The molecule has 0 saturated carbocycles. The molecule has 1 aromatic carbocycles. The van der Waals surface area contributed by atoms with Crippen LogP contribution >= 0.6 is 11.6 Å². The van der Waals surface area contributed by atoms with E-state index in [1.165, 1.54) is 0 Å². The molecule has 0 saturated heterocycles. The van der Waals surface area contributed by atoms with Gasteiger partial charge < -0.3 is 9.73 Å². The summed E-state index contributed by atoms with van der Waals surface area (Å²) in [7, 11) is 0. The number of halogens is 1. The minimum atomic E-state index is -0.271. The van der Waals surface area contributed by atoms with Gasteiger partial charge in [-0.3, -0.25) is 4.79 Å². The Hall–Kier alpha value is -1.88. The summed E-state index contributed by atoms with van der Waals surface area (Å²) in [6.07, 6.45) is 5.75. The maximum Gasteiger partial charge on any atom is 0.247 e. The molecule has 26 heavy (non-hydrogen) atoms. The lowest BCUT2D eigenvalue weighted by molar-refractivity contribution is -0.122. The Bertz CT molecular complexity index is 685. The van der Waals surface area contributed by atoms with Gasteiger partial charge in [-0.15, -0.1) is 10.2 Å². The number of carbonyl (C=O) groups is 1. The fourth-order valence-corrected chi connectivity index (χ4v) is 2.84. The number of nitrogens with one attached hydrogen (secondary N) is 1. The molecule has 2 atom stereocenters. The van der Waals surface area contributed by atoms with Gasteiger partial charge in [0, 0.05) is 17.0 Å². The Balaban J connectivity index is 2.07. The number of nitrogens with zero attached hydrogens (tertiary/aromatic N) is 2. The summed E-state index contributed by atoms with van der Waals surface area (Å²) in [5.41, 5.74) is 0.807. The van der Waals surface area contributed by atoms with E-state index < -0.39 is 0 Å². The highest BCUT2D eigenvalue weighted by molar-refractivity contribution is 6.30. The molecule has 2 unspecified atom stereocenters. The molecule has 0 spiro atoms. The summed E-state index contributed by atoms with van der Waals surface area (Å²) >= 11 is 5.92. The van der Waals surface area contributed by atoms with Crippen LogP contribution in [0.4, 0.5) is 0 Å². The molecule has 1 heterocycles. The lowest BCUT2D eigenvalue weighted by atomic mass is 9.98. The first-order valence-corrected chi connectivity index (χ1v) is 9.81. The Morgan fingerprint density at radius 2 is 1.88 bits per heavy atom. The standard InChI is InChI=1S/C20H28ClN3O2/c1-4-6-7-8-9-17(25)22-18(14(3)5-2)20-24-23-19(26-20)15-10-12-16(21)13-11-15/h10-14,18H,4-9H2,1-3H3,(H,22,25). The van der Waals surface area contributed by atoms with E-state index in [4.69, 9.17) is 16.0 Å². The maximum absolute atomic E-state index is 12.3. The third-order valence-electron chi connectivity index (χ3n) is 4.58. The Kier molecular flexibility index (Phi) is 8.10. The molecule has 2 rings (SSSR count). The van der Waals surface area contributed by atoms with Crippen molar-refractivity contribution in [3.05, 3.63) is 35.2 Å². The highest BCUT2D eigenvalue weighted by Gasteiger charge is 2.26. The molecule has 0 aliphatic carbocycles. The molecule has 1 aromatic heterocycles. The van der Waals surface area contributed by atoms with Crippen LogP contribution in [0.15, 0.2) is 28.7 Å². The molecule has 1 N–H and O–H groups in total. The van der Waals surface area contributed by atoms with E-state index in [9.17, 15) is 4.79 Å². The normalized spacial score (nSPS) is 13.4. The number of benzene rings is 1. The quantitative estimate of drug-likeness (QED) is 0.550. The van der Waals surface area contributed by atoms with Gasteiger partial charge in [-0.2, -0.15) is 0 Å². The number of hydrogen-bond donors (Lipinski definition) is 1. The van der Waals surface area contributed by atoms with Gasteiger partial charge in [-0.05, 0) is 36.6 Å². The van der Waals surface area contributed by atoms with Crippen molar-refractivity contribution in [3.63, 3.8) is 0 Å². The first kappa shape index (κ1) is 20.4. The average molecular weight is 378 g/mol. The molecule has 0 aliphatic heterocycles. The highest BCUT2D eigenvalue weighted by atomic mass is 35.5. The molecule has 2 aromatic rings. The third kappa shape index (κ3) is 5.84. The minimum absolute atomic E-state index is 0.0395. The van der Waals surface area contributed by atoms with Crippen molar-refractivity contribution in [2.45, 2.75) is 65.3 Å². The van der Waals surface area contributed by atoms with Crippen LogP contribution in [0.3, 0.4) is 0 Å². The maximum atomic E-state index is 12.3. The molecule has 0 aliphatic rings. The molecule has 0 bridgehead atoms. The van der Waals surface area contributed by atoms with Crippen LogP contribution in [-0.4, -0.2) is 16.1 Å². The number of amides is 1. The van der Waals surface area contributed by atoms with Gasteiger partial charge in [0.1, 0.15) is 6.04 Å². The van der Waals surface area contributed by atoms with Crippen LogP contribution in [0.2, 0.25) is 5.02 Å². The SMILES string of the molecule is CCCCCCC(=O)NC(c1nnc(-c2ccc(Cl)cc2)o1)C(C)CC. The fraction of sp³-hybridized carbons (Fsp3) is 0.550. The summed E-state index contributed by atoms with van der Waals surface area (Å²) in [5.74, 6) is 1.12. The van der Waals surface area contributed by atoms with Crippen molar-refractivity contribution in [2.75, 3.05) is 0 Å². The van der Waals surface area contributed by atoms with E-state index in [-0.39, 0.29) is 17.9 Å². The average Bonchev–Trinajstić information content (AvgIpc) is 3.13. The largest absolute Gasteiger partial charge is 0.418 e. The van der Waals surface area contributed by atoms with Gasteiger partial charge in [0.25, 0.3) is 0 Å². The number of aromatic nitrogens is 2. The van der Waals surface area contributed by atoms with Crippen LogP contribution in [0.5, 0.6) is 0 Å². The Morgan fingerprint density at radius 1 is 1.15 bits per heavy atom. The van der Waals surface area contributed by atoms with E-state index >= 15 is 0 Å². The predicted molar refractivity (Wildman–Crippen MR) is 104 cm³/mol. The minimum Gasteiger partial charge on any atom is -0.418 e. The number of hydrogen-bond acceptors (Lipinski definition) is 4. The number of carbonyl (C=O) groups excluding carboxylic acids is 1. The molecule has 142 valence electrons. The van der Waals surface area contributed by atoms with E-state index in [2.05, 4.69) is 36.3 Å². The van der Waals surface area contributed by atoms with Crippen LogP contribution in [0, 0.1) is 5.92 Å². The number of rotatable bonds is 10. The second kappa shape index (κ2) is 10.3. The molecule has 5 nitrogen and oxygen atoms in total. The summed E-state index contributed by atoms with van der Waals surface area (Å²) in [6, 6.07) is 6.97. The zero-order valence-electron chi connectivity index (χ0n) is 15.8. The van der Waals surface area contributed by atoms with Crippen molar-refractivity contribution < 1.29 is 9.21 Å². The summed E-state index contributed by atoms with van der Waals surface area (Å²) in [6.45, 7) is 6.32. The monoisotopic (exact) mass is 377 g/mol. The lowest BCUT2D eigenvalue weighted by Crippen LogP contribution is -2.32. The topological polar surface area (TPSA) is 68.0 Å². The molecular weight excluding hydrogens is 350 g/mol. The zero-order chi connectivity index (χ0) is 18.9. The lowest BCUT2D eigenvalue weighted by Gasteiger charge is -2.21. The van der Waals surface area contributed by atoms with Gasteiger partial charge in [-0.25, -0.2) is 0 Å². The smallest absolute Gasteiger partial charge is 0.247 e. The second-order valence-electron chi connectivity index (χ2n) is 6.69. The Morgan fingerprint density at radius 3 is 2.54 bits per heavy atom. The van der Waals surface area contributed by atoms with Gasteiger partial charge >= 0.3 is 0 Å². The molecule has 6 heteroatoms. The van der Waals surface area contributed by atoms with Crippen LogP contribution in [0.25, 0.3) is 11.5 Å². The van der Waals surface area contributed by atoms with Gasteiger partial charge in [0.05, 0.1) is 0 Å². The van der Waals surface area contributed by atoms with Crippen molar-refractivity contribution in [2.24, 2.45) is 5.92 Å².